The molecule has 3 atom stereocenters. The van der Waals surface area contributed by atoms with Crippen LogP contribution in [0.1, 0.15) is 44.6 Å². The van der Waals surface area contributed by atoms with Crippen LogP contribution in [-0.4, -0.2) is 78.4 Å². The van der Waals surface area contributed by atoms with Crippen LogP contribution in [0.5, 0.6) is 5.75 Å². The number of amides is 2. The number of piperidine rings is 2. The normalized spacial score (nSPS) is 28.3. The molecule has 158 valence electrons. The summed E-state index contributed by atoms with van der Waals surface area (Å²) in [6.07, 6.45) is 3.16. The number of ether oxygens (including phenoxy) is 1. The first-order chi connectivity index (χ1) is 14.0. The number of likely N-dealkylation sites (tertiary alicyclic amines) is 3. The van der Waals surface area contributed by atoms with Gasteiger partial charge in [-0.25, -0.2) is 0 Å². The van der Waals surface area contributed by atoms with Gasteiger partial charge in [-0.3, -0.25) is 14.5 Å². The molecule has 0 unspecified atom stereocenters. The predicted molar refractivity (Wildman–Crippen MR) is 112 cm³/mol. The average Bonchev–Trinajstić information content (AvgIpc) is 3.13. The molecule has 0 aromatic heterocycles. The number of benzene rings is 1. The van der Waals surface area contributed by atoms with Crippen molar-refractivity contribution >= 4 is 11.8 Å². The first kappa shape index (κ1) is 20.2. The molecule has 3 aliphatic rings. The molecule has 29 heavy (non-hydrogen) atoms. The average molecular weight is 400 g/mol. The van der Waals surface area contributed by atoms with Gasteiger partial charge in [-0.2, -0.15) is 0 Å². The number of carbonyl (C=O) groups is 2. The zero-order valence-electron chi connectivity index (χ0n) is 17.8. The van der Waals surface area contributed by atoms with Gasteiger partial charge < -0.3 is 14.5 Å². The summed E-state index contributed by atoms with van der Waals surface area (Å²) < 4.78 is 5.32. The van der Waals surface area contributed by atoms with E-state index >= 15 is 0 Å². The maximum absolute atomic E-state index is 12.3. The van der Waals surface area contributed by atoms with Crippen LogP contribution in [-0.2, 0) is 9.59 Å². The second-order valence-corrected chi connectivity index (χ2v) is 8.80. The second kappa shape index (κ2) is 8.34. The van der Waals surface area contributed by atoms with Gasteiger partial charge in [0.25, 0.3) is 0 Å². The van der Waals surface area contributed by atoms with Gasteiger partial charge in [0.2, 0.25) is 11.8 Å². The Bertz CT molecular complexity index is 742. The van der Waals surface area contributed by atoms with Crippen molar-refractivity contribution in [2.75, 3.05) is 39.8 Å². The lowest BCUT2D eigenvalue weighted by molar-refractivity contribution is -0.130. The van der Waals surface area contributed by atoms with Gasteiger partial charge in [-0.05, 0) is 37.0 Å². The Hall–Kier alpha value is -2.08. The van der Waals surface area contributed by atoms with E-state index in [1.807, 2.05) is 17.0 Å². The van der Waals surface area contributed by atoms with Crippen molar-refractivity contribution < 1.29 is 14.3 Å². The Morgan fingerprint density at radius 2 is 1.62 bits per heavy atom. The van der Waals surface area contributed by atoms with E-state index in [1.165, 1.54) is 5.56 Å². The molecule has 0 N–H and O–H groups in total. The molecule has 1 aromatic rings. The van der Waals surface area contributed by atoms with Crippen molar-refractivity contribution in [3.63, 3.8) is 0 Å². The highest BCUT2D eigenvalue weighted by Gasteiger charge is 2.47. The summed E-state index contributed by atoms with van der Waals surface area (Å²) in [7, 11) is 1.69. The van der Waals surface area contributed by atoms with Crippen LogP contribution in [0.2, 0.25) is 0 Å². The van der Waals surface area contributed by atoms with Gasteiger partial charge in [0, 0.05) is 70.5 Å². The van der Waals surface area contributed by atoms with Crippen LogP contribution in [0.4, 0.5) is 0 Å². The van der Waals surface area contributed by atoms with Crippen LogP contribution < -0.4 is 4.74 Å². The molecular weight excluding hydrogens is 366 g/mol. The SMILES string of the molecule is COc1ccc([C@H]2CN(C(C)=O)[C@@H]3CCN(C4CCN(C(C)=O)CC4)C[C@H]23)cc1. The third-order valence-corrected chi connectivity index (χ3v) is 7.34. The number of hydrogen-bond donors (Lipinski definition) is 0. The van der Waals surface area contributed by atoms with Crippen molar-refractivity contribution in [3.05, 3.63) is 29.8 Å². The molecule has 3 saturated heterocycles. The van der Waals surface area contributed by atoms with Crippen molar-refractivity contribution in [1.82, 2.24) is 14.7 Å². The van der Waals surface area contributed by atoms with Gasteiger partial charge in [-0.1, -0.05) is 12.1 Å². The van der Waals surface area contributed by atoms with E-state index in [2.05, 4.69) is 21.9 Å². The van der Waals surface area contributed by atoms with Gasteiger partial charge >= 0.3 is 0 Å². The lowest BCUT2D eigenvalue weighted by Gasteiger charge is -2.45. The van der Waals surface area contributed by atoms with Gasteiger partial charge in [0.1, 0.15) is 5.75 Å². The summed E-state index contributed by atoms with van der Waals surface area (Å²) in [6.45, 7) is 8.00. The number of carbonyl (C=O) groups excluding carboxylic acids is 2. The van der Waals surface area contributed by atoms with E-state index in [-0.39, 0.29) is 11.8 Å². The summed E-state index contributed by atoms with van der Waals surface area (Å²) >= 11 is 0. The van der Waals surface area contributed by atoms with Gasteiger partial charge in [0.15, 0.2) is 0 Å². The number of rotatable bonds is 3. The van der Waals surface area contributed by atoms with Crippen molar-refractivity contribution in [2.24, 2.45) is 5.92 Å². The molecule has 0 aliphatic carbocycles. The second-order valence-electron chi connectivity index (χ2n) is 8.80. The summed E-state index contributed by atoms with van der Waals surface area (Å²) in [4.78, 5) is 30.7. The highest BCUT2D eigenvalue weighted by atomic mass is 16.5. The Kier molecular flexibility index (Phi) is 5.81. The first-order valence-corrected chi connectivity index (χ1v) is 10.9. The van der Waals surface area contributed by atoms with Crippen molar-refractivity contribution in [3.8, 4) is 5.75 Å². The van der Waals surface area contributed by atoms with Crippen molar-refractivity contribution in [1.29, 1.82) is 0 Å². The fourth-order valence-electron chi connectivity index (χ4n) is 5.70. The highest BCUT2D eigenvalue weighted by Crippen LogP contribution is 2.42. The number of nitrogens with zero attached hydrogens (tertiary/aromatic N) is 3. The summed E-state index contributed by atoms with van der Waals surface area (Å²) in [5, 5.41) is 0. The Morgan fingerprint density at radius 3 is 2.21 bits per heavy atom. The monoisotopic (exact) mass is 399 g/mol. The van der Waals surface area contributed by atoms with Crippen LogP contribution >= 0.6 is 0 Å². The van der Waals surface area contributed by atoms with E-state index in [1.54, 1.807) is 21.0 Å². The lowest BCUT2D eigenvalue weighted by Crippen LogP contribution is -2.53. The maximum Gasteiger partial charge on any atom is 0.219 e. The lowest BCUT2D eigenvalue weighted by atomic mass is 9.81. The van der Waals surface area contributed by atoms with E-state index < -0.39 is 0 Å². The molecule has 0 saturated carbocycles. The molecule has 3 fully saturated rings. The predicted octanol–water partition coefficient (Wildman–Crippen LogP) is 2.34. The minimum Gasteiger partial charge on any atom is -0.497 e. The molecule has 6 nitrogen and oxygen atoms in total. The van der Waals surface area contributed by atoms with Gasteiger partial charge in [0.05, 0.1) is 7.11 Å². The highest BCUT2D eigenvalue weighted by molar-refractivity contribution is 5.74. The fourth-order valence-corrected chi connectivity index (χ4v) is 5.70. The first-order valence-electron chi connectivity index (χ1n) is 10.9. The van der Waals surface area contributed by atoms with E-state index in [9.17, 15) is 9.59 Å². The van der Waals surface area contributed by atoms with E-state index in [0.717, 1.165) is 57.7 Å². The van der Waals surface area contributed by atoms with Crippen LogP contribution in [0, 0.1) is 5.92 Å². The quantitative estimate of drug-likeness (QED) is 0.783. The zero-order valence-corrected chi connectivity index (χ0v) is 17.8. The molecule has 0 bridgehead atoms. The molecular formula is C23H33N3O3. The Balaban J connectivity index is 1.49. The molecule has 0 spiro atoms. The Morgan fingerprint density at radius 1 is 0.931 bits per heavy atom. The number of hydrogen-bond acceptors (Lipinski definition) is 4. The maximum atomic E-state index is 12.3. The minimum atomic E-state index is 0.189. The van der Waals surface area contributed by atoms with Crippen molar-refractivity contribution in [2.45, 2.75) is 51.1 Å². The fraction of sp³-hybridized carbons (Fsp3) is 0.652. The standard InChI is InChI=1S/C23H33N3O3/c1-16(27)24-11-8-19(9-12-24)25-13-10-23-22(14-25)21(15-26(23)17(2)28)18-4-6-20(29-3)7-5-18/h4-7,19,21-23H,8-15H2,1-3H3/t21-,22-,23-/m1/s1. The zero-order chi connectivity index (χ0) is 20.5. The number of methoxy groups -OCH3 is 1. The summed E-state index contributed by atoms with van der Waals surface area (Å²) in [5.41, 5.74) is 1.30. The summed E-state index contributed by atoms with van der Waals surface area (Å²) in [5.74, 6) is 2.09. The third-order valence-electron chi connectivity index (χ3n) is 7.34. The minimum absolute atomic E-state index is 0.189. The molecule has 6 heteroatoms. The van der Waals surface area contributed by atoms with Crippen LogP contribution in [0.25, 0.3) is 0 Å². The summed E-state index contributed by atoms with van der Waals surface area (Å²) in [6, 6.07) is 9.27. The molecule has 3 heterocycles. The largest absolute Gasteiger partial charge is 0.497 e. The molecule has 4 rings (SSSR count). The smallest absolute Gasteiger partial charge is 0.219 e. The Labute approximate surface area is 173 Å². The molecule has 3 aliphatic heterocycles. The molecule has 1 aromatic carbocycles. The topological polar surface area (TPSA) is 53.1 Å². The molecule has 0 radical (unpaired) electrons. The number of fused-ring (bicyclic) bond motifs is 1. The van der Waals surface area contributed by atoms with Gasteiger partial charge in [-0.15, -0.1) is 0 Å². The molecule has 2 amide bonds. The third kappa shape index (κ3) is 4.00. The van der Waals surface area contributed by atoms with Crippen LogP contribution in [0.15, 0.2) is 24.3 Å². The van der Waals surface area contributed by atoms with E-state index in [4.69, 9.17) is 4.74 Å². The van der Waals surface area contributed by atoms with E-state index in [0.29, 0.717) is 23.9 Å². The van der Waals surface area contributed by atoms with Crippen LogP contribution in [0.3, 0.4) is 0 Å².